The smallest absolute Gasteiger partial charge is 0.326 e. The van der Waals surface area contributed by atoms with Crippen LogP contribution < -0.4 is 10.9 Å². The van der Waals surface area contributed by atoms with Crippen molar-refractivity contribution in [3.63, 3.8) is 0 Å². The monoisotopic (exact) mass is 357 g/mol. The molecule has 2 N–H and O–H groups in total. The number of aliphatic carboxylic acids is 1. The van der Waals surface area contributed by atoms with Gasteiger partial charge >= 0.3 is 5.97 Å². The lowest BCUT2D eigenvalue weighted by Crippen LogP contribution is -2.44. The average Bonchev–Trinajstić information content (AvgIpc) is 2.84. The standard InChI is InChI=1S/C19H23N3O4/c1-11(2)16(19(25)26)21-17(23)12-7-8-13-14(10-12)20-15-6-4-3-5-9-22(15)18(13)24/h7-8,10-11,16H,3-6,9H2,1-2H3,(H,21,23)(H,25,26)/t16-/m0/s1. The lowest BCUT2D eigenvalue weighted by molar-refractivity contribution is -0.140. The van der Waals surface area contributed by atoms with Gasteiger partial charge in [-0.2, -0.15) is 0 Å². The van der Waals surface area contributed by atoms with E-state index in [9.17, 15) is 19.5 Å². The van der Waals surface area contributed by atoms with Gasteiger partial charge in [0.25, 0.3) is 11.5 Å². The van der Waals surface area contributed by atoms with Gasteiger partial charge < -0.3 is 10.4 Å². The van der Waals surface area contributed by atoms with E-state index in [0.29, 0.717) is 23.0 Å². The van der Waals surface area contributed by atoms with Crippen LogP contribution in [0.1, 0.15) is 49.3 Å². The number of carbonyl (C=O) groups excluding carboxylic acids is 1. The lowest BCUT2D eigenvalue weighted by Gasteiger charge is -2.18. The van der Waals surface area contributed by atoms with Crippen LogP contribution in [0, 0.1) is 5.92 Å². The number of nitrogens with zero attached hydrogens (tertiary/aromatic N) is 2. The van der Waals surface area contributed by atoms with Gasteiger partial charge in [0, 0.05) is 18.5 Å². The van der Waals surface area contributed by atoms with Crippen LogP contribution in [0.5, 0.6) is 0 Å². The molecule has 1 aromatic carbocycles. The second kappa shape index (κ2) is 7.27. The number of benzene rings is 1. The molecule has 2 aromatic rings. The summed E-state index contributed by atoms with van der Waals surface area (Å²) in [6, 6.07) is 3.74. The molecule has 0 radical (unpaired) electrons. The SMILES string of the molecule is CC(C)[C@H](NC(=O)c1ccc2c(=O)n3c(nc2c1)CCCCC3)C(=O)O. The van der Waals surface area contributed by atoms with Crippen LogP contribution in [0.3, 0.4) is 0 Å². The maximum Gasteiger partial charge on any atom is 0.326 e. The molecule has 0 fully saturated rings. The molecular weight excluding hydrogens is 334 g/mol. The second-order valence-corrected chi connectivity index (χ2v) is 7.06. The number of fused-ring (bicyclic) bond motifs is 2. The summed E-state index contributed by atoms with van der Waals surface area (Å²) in [6.07, 6.45) is 3.77. The van der Waals surface area contributed by atoms with E-state index >= 15 is 0 Å². The number of carbonyl (C=O) groups is 2. The Bertz CT molecular complexity index is 917. The van der Waals surface area contributed by atoms with Crippen LogP contribution in [0.2, 0.25) is 0 Å². The van der Waals surface area contributed by atoms with Crippen molar-refractivity contribution >= 4 is 22.8 Å². The van der Waals surface area contributed by atoms with E-state index < -0.39 is 17.9 Å². The fourth-order valence-electron chi connectivity index (χ4n) is 3.30. The van der Waals surface area contributed by atoms with E-state index in [1.165, 1.54) is 0 Å². The summed E-state index contributed by atoms with van der Waals surface area (Å²) in [7, 11) is 0. The molecule has 2 heterocycles. The van der Waals surface area contributed by atoms with Crippen LogP contribution in [0.25, 0.3) is 10.9 Å². The normalized spacial score (nSPS) is 15.3. The first-order valence-corrected chi connectivity index (χ1v) is 8.95. The highest BCUT2D eigenvalue weighted by Gasteiger charge is 2.24. The minimum Gasteiger partial charge on any atom is -0.480 e. The molecule has 1 amide bonds. The number of amides is 1. The van der Waals surface area contributed by atoms with Crippen molar-refractivity contribution in [1.29, 1.82) is 0 Å². The van der Waals surface area contributed by atoms with Crippen molar-refractivity contribution < 1.29 is 14.7 Å². The van der Waals surface area contributed by atoms with Gasteiger partial charge in [0.15, 0.2) is 0 Å². The van der Waals surface area contributed by atoms with Crippen LogP contribution in [-0.2, 0) is 17.8 Å². The summed E-state index contributed by atoms with van der Waals surface area (Å²) in [6.45, 7) is 4.14. The number of carboxylic acids is 1. The van der Waals surface area contributed by atoms with Gasteiger partial charge in [-0.05, 0) is 37.0 Å². The Kier molecular flexibility index (Phi) is 5.06. The molecule has 0 saturated heterocycles. The van der Waals surface area contributed by atoms with E-state index in [-0.39, 0.29) is 11.5 Å². The molecule has 26 heavy (non-hydrogen) atoms. The molecule has 0 bridgehead atoms. The third-order valence-electron chi connectivity index (χ3n) is 4.80. The molecule has 0 spiro atoms. The Morgan fingerprint density at radius 3 is 2.69 bits per heavy atom. The van der Waals surface area contributed by atoms with E-state index in [1.54, 1.807) is 36.6 Å². The van der Waals surface area contributed by atoms with Gasteiger partial charge in [-0.15, -0.1) is 0 Å². The number of hydrogen-bond donors (Lipinski definition) is 2. The predicted octanol–water partition coefficient (Wildman–Crippen LogP) is 1.96. The molecule has 1 aromatic heterocycles. The summed E-state index contributed by atoms with van der Waals surface area (Å²) < 4.78 is 1.73. The van der Waals surface area contributed by atoms with E-state index in [4.69, 9.17) is 0 Å². The maximum atomic E-state index is 12.7. The number of nitrogens with one attached hydrogen (secondary N) is 1. The Labute approximate surface area is 151 Å². The van der Waals surface area contributed by atoms with Gasteiger partial charge in [0.1, 0.15) is 11.9 Å². The molecule has 0 saturated carbocycles. The molecule has 138 valence electrons. The molecule has 1 atom stereocenters. The van der Waals surface area contributed by atoms with Gasteiger partial charge in [0.05, 0.1) is 10.9 Å². The van der Waals surface area contributed by atoms with Crippen molar-refractivity contribution in [2.24, 2.45) is 5.92 Å². The number of carboxylic acid groups (broad SMARTS) is 1. The number of rotatable bonds is 4. The Morgan fingerprint density at radius 2 is 2.00 bits per heavy atom. The Balaban J connectivity index is 1.97. The topological polar surface area (TPSA) is 101 Å². The molecule has 0 aliphatic carbocycles. The summed E-state index contributed by atoms with van der Waals surface area (Å²) in [5, 5.41) is 12.2. The molecule has 0 unspecified atom stereocenters. The van der Waals surface area contributed by atoms with Gasteiger partial charge in [-0.3, -0.25) is 14.2 Å². The third kappa shape index (κ3) is 3.47. The summed E-state index contributed by atoms with van der Waals surface area (Å²) >= 11 is 0. The Morgan fingerprint density at radius 1 is 1.23 bits per heavy atom. The van der Waals surface area contributed by atoms with Crippen molar-refractivity contribution in [2.45, 2.75) is 52.1 Å². The molecule has 1 aliphatic heterocycles. The zero-order chi connectivity index (χ0) is 18.8. The minimum atomic E-state index is -1.07. The summed E-state index contributed by atoms with van der Waals surface area (Å²) in [5.41, 5.74) is 0.701. The van der Waals surface area contributed by atoms with Gasteiger partial charge in [-0.25, -0.2) is 9.78 Å². The van der Waals surface area contributed by atoms with Crippen LogP contribution in [0.4, 0.5) is 0 Å². The fourth-order valence-corrected chi connectivity index (χ4v) is 3.30. The van der Waals surface area contributed by atoms with Crippen molar-refractivity contribution in [3.05, 3.63) is 39.9 Å². The molecular formula is C19H23N3O4. The van der Waals surface area contributed by atoms with Crippen molar-refractivity contribution in [3.8, 4) is 0 Å². The lowest BCUT2D eigenvalue weighted by atomic mass is 10.0. The number of aryl methyl sites for hydroxylation is 1. The third-order valence-corrected chi connectivity index (χ3v) is 4.80. The highest BCUT2D eigenvalue weighted by atomic mass is 16.4. The first-order valence-electron chi connectivity index (χ1n) is 8.95. The zero-order valence-electron chi connectivity index (χ0n) is 15.0. The van der Waals surface area contributed by atoms with Gasteiger partial charge in [-0.1, -0.05) is 20.3 Å². The Hall–Kier alpha value is -2.70. The van der Waals surface area contributed by atoms with Crippen molar-refractivity contribution in [1.82, 2.24) is 14.9 Å². The first-order chi connectivity index (χ1) is 12.4. The maximum absolute atomic E-state index is 12.7. The van der Waals surface area contributed by atoms with E-state index in [1.807, 2.05) is 0 Å². The minimum absolute atomic E-state index is 0.0792. The first kappa shape index (κ1) is 18.1. The second-order valence-electron chi connectivity index (χ2n) is 7.06. The highest BCUT2D eigenvalue weighted by molar-refractivity contribution is 5.99. The quantitative estimate of drug-likeness (QED) is 0.871. The van der Waals surface area contributed by atoms with Crippen molar-refractivity contribution in [2.75, 3.05) is 0 Å². The van der Waals surface area contributed by atoms with Gasteiger partial charge in [0.2, 0.25) is 0 Å². The molecule has 7 heteroatoms. The van der Waals surface area contributed by atoms with Crippen LogP contribution in [0.15, 0.2) is 23.0 Å². The fraction of sp³-hybridized carbons (Fsp3) is 0.474. The largest absolute Gasteiger partial charge is 0.480 e. The highest BCUT2D eigenvalue weighted by Crippen LogP contribution is 2.16. The molecule has 1 aliphatic rings. The number of hydrogen-bond acceptors (Lipinski definition) is 4. The molecule has 7 nitrogen and oxygen atoms in total. The summed E-state index contributed by atoms with van der Waals surface area (Å²) in [5.74, 6) is -1.04. The van der Waals surface area contributed by atoms with Crippen LogP contribution in [-0.4, -0.2) is 32.6 Å². The number of aromatic nitrogens is 2. The predicted molar refractivity (Wildman–Crippen MR) is 97.3 cm³/mol. The van der Waals surface area contributed by atoms with Crippen LogP contribution >= 0.6 is 0 Å². The molecule has 3 rings (SSSR count). The average molecular weight is 357 g/mol. The summed E-state index contributed by atoms with van der Waals surface area (Å²) in [4.78, 5) is 41.0. The van der Waals surface area contributed by atoms with E-state index in [0.717, 1.165) is 31.5 Å². The van der Waals surface area contributed by atoms with E-state index in [2.05, 4.69) is 10.3 Å². The zero-order valence-corrected chi connectivity index (χ0v) is 15.0.